The SMILES string of the molecule is NCc1ccc(C(=O)N2CCN(C3CC3)CC2)cc1. The number of hydrogen-bond donors (Lipinski definition) is 1. The van der Waals surface area contributed by atoms with E-state index in [2.05, 4.69) is 4.90 Å². The summed E-state index contributed by atoms with van der Waals surface area (Å²) in [6.45, 7) is 4.28. The maximum atomic E-state index is 12.4. The molecule has 0 atom stereocenters. The highest BCUT2D eigenvalue weighted by atomic mass is 16.2. The molecule has 102 valence electrons. The lowest BCUT2D eigenvalue weighted by molar-refractivity contribution is 0.0627. The minimum absolute atomic E-state index is 0.152. The molecule has 0 radical (unpaired) electrons. The maximum absolute atomic E-state index is 12.4. The molecule has 1 saturated carbocycles. The monoisotopic (exact) mass is 259 g/mol. The zero-order chi connectivity index (χ0) is 13.2. The zero-order valence-electron chi connectivity index (χ0n) is 11.2. The number of carbonyl (C=O) groups is 1. The summed E-state index contributed by atoms with van der Waals surface area (Å²) in [7, 11) is 0. The fraction of sp³-hybridized carbons (Fsp3) is 0.533. The molecule has 1 aromatic rings. The molecule has 2 fully saturated rings. The average Bonchev–Trinajstić information content (AvgIpc) is 3.31. The van der Waals surface area contributed by atoms with Crippen molar-refractivity contribution < 1.29 is 4.79 Å². The van der Waals surface area contributed by atoms with Gasteiger partial charge in [0.1, 0.15) is 0 Å². The summed E-state index contributed by atoms with van der Waals surface area (Å²) in [5, 5.41) is 0. The van der Waals surface area contributed by atoms with Gasteiger partial charge in [0, 0.05) is 44.3 Å². The molecule has 0 spiro atoms. The summed E-state index contributed by atoms with van der Waals surface area (Å²) in [6, 6.07) is 8.46. The van der Waals surface area contributed by atoms with Crippen LogP contribution >= 0.6 is 0 Å². The molecule has 1 saturated heterocycles. The van der Waals surface area contributed by atoms with Crippen LogP contribution in [-0.4, -0.2) is 47.9 Å². The Kier molecular flexibility index (Phi) is 3.53. The number of piperazine rings is 1. The number of nitrogens with zero attached hydrogens (tertiary/aromatic N) is 2. The van der Waals surface area contributed by atoms with E-state index in [1.807, 2.05) is 29.2 Å². The van der Waals surface area contributed by atoms with E-state index in [0.717, 1.165) is 43.3 Å². The number of benzene rings is 1. The lowest BCUT2D eigenvalue weighted by Crippen LogP contribution is -2.49. The van der Waals surface area contributed by atoms with Gasteiger partial charge in [0.2, 0.25) is 0 Å². The highest BCUT2D eigenvalue weighted by Gasteiger charge is 2.32. The smallest absolute Gasteiger partial charge is 0.253 e. The van der Waals surface area contributed by atoms with Gasteiger partial charge >= 0.3 is 0 Å². The van der Waals surface area contributed by atoms with Crippen LogP contribution < -0.4 is 5.73 Å². The lowest BCUT2D eigenvalue weighted by Gasteiger charge is -2.34. The number of hydrogen-bond acceptors (Lipinski definition) is 3. The Hall–Kier alpha value is -1.39. The van der Waals surface area contributed by atoms with Gasteiger partial charge in [0.15, 0.2) is 0 Å². The molecule has 1 aliphatic carbocycles. The minimum atomic E-state index is 0.152. The Bertz CT molecular complexity index is 445. The molecule has 4 nitrogen and oxygen atoms in total. The lowest BCUT2D eigenvalue weighted by atomic mass is 10.1. The van der Waals surface area contributed by atoms with Crippen LogP contribution in [0.3, 0.4) is 0 Å². The number of nitrogens with two attached hydrogens (primary N) is 1. The van der Waals surface area contributed by atoms with E-state index in [1.165, 1.54) is 12.8 Å². The largest absolute Gasteiger partial charge is 0.336 e. The highest BCUT2D eigenvalue weighted by molar-refractivity contribution is 5.94. The van der Waals surface area contributed by atoms with Gasteiger partial charge in [-0.25, -0.2) is 0 Å². The van der Waals surface area contributed by atoms with Crippen molar-refractivity contribution in [2.24, 2.45) is 5.73 Å². The summed E-state index contributed by atoms with van der Waals surface area (Å²) in [6.07, 6.45) is 2.68. The van der Waals surface area contributed by atoms with Crippen molar-refractivity contribution >= 4 is 5.91 Å². The van der Waals surface area contributed by atoms with Crippen molar-refractivity contribution in [3.05, 3.63) is 35.4 Å². The summed E-state index contributed by atoms with van der Waals surface area (Å²) in [5.41, 5.74) is 7.41. The Morgan fingerprint density at radius 2 is 1.74 bits per heavy atom. The van der Waals surface area contributed by atoms with Crippen LogP contribution in [0, 0.1) is 0 Å². The van der Waals surface area contributed by atoms with Crippen molar-refractivity contribution in [2.75, 3.05) is 26.2 Å². The summed E-state index contributed by atoms with van der Waals surface area (Å²) in [5.74, 6) is 0.152. The zero-order valence-corrected chi connectivity index (χ0v) is 11.2. The van der Waals surface area contributed by atoms with Gasteiger partial charge in [0.05, 0.1) is 0 Å². The first-order valence-corrected chi connectivity index (χ1v) is 7.10. The summed E-state index contributed by atoms with van der Waals surface area (Å²) < 4.78 is 0. The predicted octanol–water partition coefficient (Wildman–Crippen LogP) is 1.07. The molecular formula is C15H21N3O. The van der Waals surface area contributed by atoms with E-state index in [-0.39, 0.29) is 5.91 Å². The van der Waals surface area contributed by atoms with Gasteiger partial charge in [-0.2, -0.15) is 0 Å². The number of rotatable bonds is 3. The highest BCUT2D eigenvalue weighted by Crippen LogP contribution is 2.27. The normalized spacial score (nSPS) is 20.6. The van der Waals surface area contributed by atoms with E-state index in [9.17, 15) is 4.79 Å². The van der Waals surface area contributed by atoms with E-state index < -0.39 is 0 Å². The van der Waals surface area contributed by atoms with E-state index in [1.54, 1.807) is 0 Å². The predicted molar refractivity (Wildman–Crippen MR) is 74.8 cm³/mol. The van der Waals surface area contributed by atoms with Gasteiger partial charge in [0.25, 0.3) is 5.91 Å². The van der Waals surface area contributed by atoms with Gasteiger partial charge in [-0.1, -0.05) is 12.1 Å². The maximum Gasteiger partial charge on any atom is 0.253 e. The summed E-state index contributed by atoms with van der Waals surface area (Å²) >= 11 is 0. The average molecular weight is 259 g/mol. The molecule has 1 aromatic carbocycles. The second kappa shape index (κ2) is 5.31. The first-order valence-electron chi connectivity index (χ1n) is 7.10. The van der Waals surface area contributed by atoms with Crippen LogP contribution in [0.2, 0.25) is 0 Å². The molecule has 4 heteroatoms. The third-order valence-corrected chi connectivity index (χ3v) is 4.10. The molecule has 3 rings (SSSR count). The Labute approximate surface area is 114 Å². The van der Waals surface area contributed by atoms with Crippen molar-refractivity contribution in [3.63, 3.8) is 0 Å². The molecule has 2 N–H and O–H groups in total. The Balaban J connectivity index is 1.60. The summed E-state index contributed by atoms with van der Waals surface area (Å²) in [4.78, 5) is 16.9. The molecule has 1 aliphatic heterocycles. The van der Waals surface area contributed by atoms with Crippen molar-refractivity contribution in [1.29, 1.82) is 0 Å². The van der Waals surface area contributed by atoms with Gasteiger partial charge < -0.3 is 10.6 Å². The standard InChI is InChI=1S/C15H21N3O/c16-11-12-1-3-13(4-2-12)15(19)18-9-7-17(8-10-18)14-5-6-14/h1-4,14H,5-11,16H2. The van der Waals surface area contributed by atoms with Crippen molar-refractivity contribution in [2.45, 2.75) is 25.4 Å². The fourth-order valence-electron chi connectivity index (χ4n) is 2.70. The molecule has 1 amide bonds. The van der Waals surface area contributed by atoms with Gasteiger partial charge in [-0.05, 0) is 30.5 Å². The number of amides is 1. The van der Waals surface area contributed by atoms with Crippen LogP contribution in [-0.2, 0) is 6.54 Å². The topological polar surface area (TPSA) is 49.6 Å². The van der Waals surface area contributed by atoms with Crippen LogP contribution in [0.15, 0.2) is 24.3 Å². The molecule has 19 heavy (non-hydrogen) atoms. The van der Waals surface area contributed by atoms with E-state index in [4.69, 9.17) is 5.73 Å². The van der Waals surface area contributed by atoms with Crippen LogP contribution in [0.5, 0.6) is 0 Å². The third-order valence-electron chi connectivity index (χ3n) is 4.10. The van der Waals surface area contributed by atoms with E-state index >= 15 is 0 Å². The fourth-order valence-corrected chi connectivity index (χ4v) is 2.70. The van der Waals surface area contributed by atoms with Crippen LogP contribution in [0.25, 0.3) is 0 Å². The molecule has 0 unspecified atom stereocenters. The quantitative estimate of drug-likeness (QED) is 0.883. The molecule has 2 aliphatic rings. The molecular weight excluding hydrogens is 238 g/mol. The molecule has 0 bridgehead atoms. The minimum Gasteiger partial charge on any atom is -0.336 e. The number of carbonyl (C=O) groups excluding carboxylic acids is 1. The molecule has 0 aromatic heterocycles. The second-order valence-electron chi connectivity index (χ2n) is 5.46. The Morgan fingerprint density at radius 1 is 1.11 bits per heavy atom. The van der Waals surface area contributed by atoms with Gasteiger partial charge in [-0.3, -0.25) is 9.69 Å². The molecule has 1 heterocycles. The van der Waals surface area contributed by atoms with Crippen molar-refractivity contribution in [1.82, 2.24) is 9.80 Å². The first-order chi connectivity index (χ1) is 9.28. The van der Waals surface area contributed by atoms with Gasteiger partial charge in [-0.15, -0.1) is 0 Å². The van der Waals surface area contributed by atoms with Crippen molar-refractivity contribution in [3.8, 4) is 0 Å². The van der Waals surface area contributed by atoms with Crippen LogP contribution in [0.1, 0.15) is 28.8 Å². The first kappa shape index (κ1) is 12.6. The third kappa shape index (κ3) is 2.80. The Morgan fingerprint density at radius 3 is 2.26 bits per heavy atom. The second-order valence-corrected chi connectivity index (χ2v) is 5.46. The van der Waals surface area contributed by atoms with E-state index in [0.29, 0.717) is 6.54 Å². The van der Waals surface area contributed by atoms with Crippen LogP contribution in [0.4, 0.5) is 0 Å².